The predicted molar refractivity (Wildman–Crippen MR) is 106 cm³/mol. The molecule has 6 nitrogen and oxygen atoms in total. The van der Waals surface area contributed by atoms with E-state index in [0.717, 1.165) is 11.3 Å². The van der Waals surface area contributed by atoms with Crippen molar-refractivity contribution in [1.82, 2.24) is 4.90 Å². The van der Waals surface area contributed by atoms with Gasteiger partial charge in [0.2, 0.25) is 0 Å². The number of carbonyl (C=O) groups is 2. The zero-order chi connectivity index (χ0) is 20.2. The second-order valence-electron chi connectivity index (χ2n) is 7.81. The molecule has 0 aromatic heterocycles. The Hall–Kier alpha value is -2.24. The molecule has 2 aliphatic heterocycles. The van der Waals surface area contributed by atoms with Gasteiger partial charge >= 0.3 is 12.2 Å². The summed E-state index contributed by atoms with van der Waals surface area (Å²) < 4.78 is 10.8. The van der Waals surface area contributed by atoms with Crippen molar-refractivity contribution < 1.29 is 19.1 Å². The number of carbonyl (C=O) groups excluding carboxylic acids is 2. The molecule has 2 unspecified atom stereocenters. The second kappa shape index (κ2) is 8.63. The molecule has 0 saturated carbocycles. The molecule has 1 aromatic carbocycles. The number of para-hydroxylation sites is 1. The van der Waals surface area contributed by atoms with Gasteiger partial charge in [-0.25, -0.2) is 9.59 Å². The standard InChI is InChI=1S/C19H26N2O4.C2H6/c1-13-11-20(17(22)25-19(2,3)4)10-9-15(13)21-16-8-6-5-7-14(16)12-24-18(21)23;1-2/h5-8,13,15H,9-12H2,1-4H3;1-2H3. The van der Waals surface area contributed by atoms with Crippen LogP contribution in [-0.2, 0) is 16.1 Å². The lowest BCUT2D eigenvalue weighted by atomic mass is 9.91. The number of amides is 2. The van der Waals surface area contributed by atoms with Gasteiger partial charge in [-0.1, -0.05) is 39.0 Å². The van der Waals surface area contributed by atoms with Crippen LogP contribution in [0.25, 0.3) is 0 Å². The number of anilines is 1. The fraction of sp³-hybridized carbons (Fsp3) is 0.619. The third kappa shape index (κ3) is 4.93. The lowest BCUT2D eigenvalue weighted by Gasteiger charge is -2.43. The fourth-order valence-electron chi connectivity index (χ4n) is 3.50. The number of piperidine rings is 1. The van der Waals surface area contributed by atoms with Gasteiger partial charge in [0.25, 0.3) is 0 Å². The van der Waals surface area contributed by atoms with Gasteiger partial charge in [-0.15, -0.1) is 0 Å². The van der Waals surface area contributed by atoms with Crippen molar-refractivity contribution in [2.45, 2.75) is 66.2 Å². The Bertz CT molecular complexity index is 668. The average Bonchev–Trinajstić information content (AvgIpc) is 2.62. The minimum atomic E-state index is -0.507. The number of benzene rings is 1. The number of rotatable bonds is 1. The monoisotopic (exact) mass is 376 g/mol. The maximum atomic E-state index is 12.4. The van der Waals surface area contributed by atoms with Gasteiger partial charge in [-0.05, 0) is 39.2 Å². The van der Waals surface area contributed by atoms with Crippen LogP contribution < -0.4 is 4.90 Å². The molecule has 6 heteroatoms. The van der Waals surface area contributed by atoms with Crippen molar-refractivity contribution in [1.29, 1.82) is 0 Å². The van der Waals surface area contributed by atoms with E-state index >= 15 is 0 Å². The smallest absolute Gasteiger partial charge is 0.414 e. The van der Waals surface area contributed by atoms with Crippen molar-refractivity contribution in [2.75, 3.05) is 18.0 Å². The molecule has 0 spiro atoms. The van der Waals surface area contributed by atoms with Crippen molar-refractivity contribution in [3.8, 4) is 0 Å². The molecule has 0 radical (unpaired) electrons. The van der Waals surface area contributed by atoms with Crippen LogP contribution >= 0.6 is 0 Å². The van der Waals surface area contributed by atoms with Crippen LogP contribution in [0.15, 0.2) is 24.3 Å². The van der Waals surface area contributed by atoms with Crippen molar-refractivity contribution in [2.24, 2.45) is 5.92 Å². The summed E-state index contributed by atoms with van der Waals surface area (Å²) >= 11 is 0. The largest absolute Gasteiger partial charge is 0.444 e. The third-order valence-corrected chi connectivity index (χ3v) is 4.64. The first-order valence-corrected chi connectivity index (χ1v) is 9.78. The minimum Gasteiger partial charge on any atom is -0.444 e. The lowest BCUT2D eigenvalue weighted by Crippen LogP contribution is -2.55. The van der Waals surface area contributed by atoms with Crippen LogP contribution in [0.1, 0.15) is 53.5 Å². The van der Waals surface area contributed by atoms with Crippen molar-refractivity contribution in [3.05, 3.63) is 29.8 Å². The van der Waals surface area contributed by atoms with E-state index < -0.39 is 5.60 Å². The topological polar surface area (TPSA) is 59.1 Å². The average molecular weight is 376 g/mol. The summed E-state index contributed by atoms with van der Waals surface area (Å²) in [7, 11) is 0. The molecule has 0 aliphatic carbocycles. The molecule has 27 heavy (non-hydrogen) atoms. The van der Waals surface area contributed by atoms with E-state index in [1.165, 1.54) is 0 Å². The molecule has 150 valence electrons. The highest BCUT2D eigenvalue weighted by Crippen LogP contribution is 2.33. The molecule has 0 bridgehead atoms. The number of nitrogens with zero attached hydrogens (tertiary/aromatic N) is 2. The number of fused-ring (bicyclic) bond motifs is 1. The van der Waals surface area contributed by atoms with E-state index in [2.05, 4.69) is 6.92 Å². The van der Waals surface area contributed by atoms with Gasteiger partial charge in [0.1, 0.15) is 12.2 Å². The van der Waals surface area contributed by atoms with Crippen molar-refractivity contribution >= 4 is 17.9 Å². The van der Waals surface area contributed by atoms with Gasteiger partial charge in [-0.3, -0.25) is 4.90 Å². The van der Waals surface area contributed by atoms with Crippen LogP contribution in [0.3, 0.4) is 0 Å². The number of hydrogen-bond acceptors (Lipinski definition) is 4. The van der Waals surface area contributed by atoms with Crippen LogP contribution in [0.2, 0.25) is 0 Å². The second-order valence-corrected chi connectivity index (χ2v) is 7.81. The molecular weight excluding hydrogens is 344 g/mol. The Morgan fingerprint density at radius 1 is 1.22 bits per heavy atom. The maximum absolute atomic E-state index is 12.4. The van der Waals surface area contributed by atoms with E-state index in [-0.39, 0.29) is 24.1 Å². The first-order valence-electron chi connectivity index (χ1n) is 9.78. The van der Waals surface area contributed by atoms with Crippen LogP contribution in [0.5, 0.6) is 0 Å². The fourth-order valence-corrected chi connectivity index (χ4v) is 3.50. The van der Waals surface area contributed by atoms with Gasteiger partial charge in [0.05, 0.1) is 5.69 Å². The molecule has 1 fully saturated rings. The zero-order valence-electron chi connectivity index (χ0n) is 17.3. The molecule has 3 rings (SSSR count). The van der Waals surface area contributed by atoms with Gasteiger partial charge in [0, 0.05) is 24.7 Å². The minimum absolute atomic E-state index is 0.00707. The summed E-state index contributed by atoms with van der Waals surface area (Å²) in [4.78, 5) is 28.2. The summed E-state index contributed by atoms with van der Waals surface area (Å²) in [5, 5.41) is 0. The summed E-state index contributed by atoms with van der Waals surface area (Å²) in [6.45, 7) is 13.1. The molecule has 0 N–H and O–H groups in total. The Morgan fingerprint density at radius 2 is 1.89 bits per heavy atom. The van der Waals surface area contributed by atoms with Crippen LogP contribution in [-0.4, -0.2) is 41.8 Å². The van der Waals surface area contributed by atoms with E-state index in [1.807, 2.05) is 58.9 Å². The molecule has 2 atom stereocenters. The Kier molecular flexibility index (Phi) is 6.73. The van der Waals surface area contributed by atoms with Gasteiger partial charge in [-0.2, -0.15) is 0 Å². The number of likely N-dealkylation sites (tertiary alicyclic amines) is 1. The van der Waals surface area contributed by atoms with Crippen LogP contribution in [0, 0.1) is 5.92 Å². The summed E-state index contributed by atoms with van der Waals surface area (Å²) in [5.41, 5.74) is 1.43. The maximum Gasteiger partial charge on any atom is 0.414 e. The normalized spacial score (nSPS) is 22.2. The SMILES string of the molecule is CC.CC1CN(C(=O)OC(C)(C)C)CCC1N1C(=O)OCc2ccccc21. The highest BCUT2D eigenvalue weighted by molar-refractivity contribution is 5.91. The van der Waals surface area contributed by atoms with Crippen LogP contribution in [0.4, 0.5) is 15.3 Å². The van der Waals surface area contributed by atoms with E-state index in [4.69, 9.17) is 9.47 Å². The summed E-state index contributed by atoms with van der Waals surface area (Å²) in [6.07, 6.45) is 0.102. The molecular formula is C21H32N2O4. The van der Waals surface area contributed by atoms with E-state index in [1.54, 1.807) is 9.80 Å². The first kappa shape index (κ1) is 21.1. The van der Waals surface area contributed by atoms with E-state index in [9.17, 15) is 9.59 Å². The molecule has 2 heterocycles. The predicted octanol–water partition coefficient (Wildman–Crippen LogP) is 4.81. The number of cyclic esters (lactones) is 1. The molecule has 2 aliphatic rings. The van der Waals surface area contributed by atoms with Gasteiger partial charge in [0.15, 0.2) is 0 Å². The summed E-state index contributed by atoms with van der Waals surface area (Å²) in [5.74, 6) is 0.125. The first-order chi connectivity index (χ1) is 12.8. The lowest BCUT2D eigenvalue weighted by molar-refractivity contribution is 0.0153. The number of ether oxygens (including phenoxy) is 2. The van der Waals surface area contributed by atoms with E-state index in [0.29, 0.717) is 26.1 Å². The highest BCUT2D eigenvalue weighted by Gasteiger charge is 2.39. The molecule has 2 amide bonds. The highest BCUT2D eigenvalue weighted by atomic mass is 16.6. The Labute approximate surface area is 162 Å². The Balaban J connectivity index is 0.00000126. The quantitative estimate of drug-likeness (QED) is 0.705. The molecule has 1 aromatic rings. The molecule has 1 saturated heterocycles. The third-order valence-electron chi connectivity index (χ3n) is 4.64. The Morgan fingerprint density at radius 3 is 2.52 bits per heavy atom. The summed E-state index contributed by atoms with van der Waals surface area (Å²) in [6, 6.07) is 7.83. The zero-order valence-corrected chi connectivity index (χ0v) is 17.3. The van der Waals surface area contributed by atoms with Gasteiger partial charge < -0.3 is 14.4 Å². The van der Waals surface area contributed by atoms with Crippen molar-refractivity contribution in [3.63, 3.8) is 0 Å². The number of hydrogen-bond donors (Lipinski definition) is 0.